The Hall–Kier alpha value is -0.550. The molecule has 8 heavy (non-hydrogen) atoms. The lowest BCUT2D eigenvalue weighted by molar-refractivity contribution is 0.597. The number of nitrogens with zero attached hydrogens (tertiary/aromatic N) is 1. The quantitative estimate of drug-likeness (QED) is 0.550. The average Bonchev–Trinajstić information content (AvgIpc) is 1.66. The first-order chi connectivity index (χ1) is 3.77. The third-order valence-corrected chi connectivity index (χ3v) is 0.789. The Morgan fingerprint density at radius 1 is 1.62 bits per heavy atom. The van der Waals surface area contributed by atoms with Gasteiger partial charge in [0.25, 0.3) is 0 Å². The summed E-state index contributed by atoms with van der Waals surface area (Å²) in [7, 11) is 0. The Labute approximate surface area is 50.5 Å². The molecule has 0 atom stereocenters. The molecule has 0 spiro atoms. The Balaban J connectivity index is 2.85. The van der Waals surface area contributed by atoms with Crippen LogP contribution in [0.4, 0.5) is 0 Å². The zero-order valence-corrected chi connectivity index (χ0v) is 5.44. The van der Waals surface area contributed by atoms with Crippen LogP contribution >= 0.6 is 0 Å². The minimum Gasteiger partial charge on any atom is -0.314 e. The maximum atomic E-state index is 8.09. The summed E-state index contributed by atoms with van der Waals surface area (Å²) in [5.41, 5.74) is 0. The van der Waals surface area contributed by atoms with Crippen molar-refractivity contribution in [3.63, 3.8) is 0 Å². The first kappa shape index (κ1) is 7.45. The van der Waals surface area contributed by atoms with Crippen molar-refractivity contribution in [1.29, 1.82) is 5.26 Å². The summed E-state index contributed by atoms with van der Waals surface area (Å²) < 4.78 is 0. The molecule has 0 aliphatic carbocycles. The molecule has 0 aromatic heterocycles. The third-order valence-electron chi connectivity index (χ3n) is 0.789. The minimum absolute atomic E-state index is 0.503. The van der Waals surface area contributed by atoms with Crippen LogP contribution in [0.2, 0.25) is 0 Å². The van der Waals surface area contributed by atoms with Crippen LogP contribution in [0.15, 0.2) is 0 Å². The van der Waals surface area contributed by atoms with E-state index in [0.29, 0.717) is 12.5 Å². The molecule has 0 aliphatic heterocycles. The fourth-order valence-corrected chi connectivity index (χ4v) is 0.417. The Morgan fingerprint density at radius 3 is 2.62 bits per heavy atom. The fourth-order valence-electron chi connectivity index (χ4n) is 0.417. The van der Waals surface area contributed by atoms with Crippen molar-refractivity contribution in [2.75, 3.05) is 6.54 Å². The van der Waals surface area contributed by atoms with Crippen molar-refractivity contribution in [2.24, 2.45) is 0 Å². The summed E-state index contributed by atoms with van der Waals surface area (Å²) in [5, 5.41) is 11.2. The van der Waals surface area contributed by atoms with Crippen molar-refractivity contribution in [1.82, 2.24) is 5.32 Å². The second kappa shape index (κ2) is 4.61. The Morgan fingerprint density at radius 2 is 2.25 bits per heavy atom. The zero-order chi connectivity index (χ0) is 6.41. The van der Waals surface area contributed by atoms with Crippen molar-refractivity contribution >= 4 is 0 Å². The molecular weight excluding hydrogens is 100 g/mol. The van der Waals surface area contributed by atoms with Crippen LogP contribution < -0.4 is 5.32 Å². The van der Waals surface area contributed by atoms with Gasteiger partial charge in [0.05, 0.1) is 6.07 Å². The molecule has 0 aromatic carbocycles. The number of hydrogen-bond donors (Lipinski definition) is 1. The maximum absolute atomic E-state index is 8.09. The van der Waals surface area contributed by atoms with E-state index < -0.39 is 0 Å². The number of hydrogen-bond acceptors (Lipinski definition) is 2. The molecular formula is C6H12N2. The molecule has 0 rings (SSSR count). The van der Waals surface area contributed by atoms with Crippen molar-refractivity contribution in [2.45, 2.75) is 26.3 Å². The van der Waals surface area contributed by atoms with Crippen LogP contribution in [-0.2, 0) is 0 Å². The van der Waals surface area contributed by atoms with Crippen molar-refractivity contribution in [3.8, 4) is 6.07 Å². The van der Waals surface area contributed by atoms with Gasteiger partial charge in [0, 0.05) is 19.0 Å². The van der Waals surface area contributed by atoms with E-state index in [4.69, 9.17) is 5.26 Å². The van der Waals surface area contributed by atoms with E-state index in [-0.39, 0.29) is 0 Å². The van der Waals surface area contributed by atoms with Crippen LogP contribution in [0.5, 0.6) is 0 Å². The lowest BCUT2D eigenvalue weighted by Crippen LogP contribution is -2.23. The van der Waals surface area contributed by atoms with Crippen molar-refractivity contribution in [3.05, 3.63) is 0 Å². The lowest BCUT2D eigenvalue weighted by atomic mass is 10.4. The van der Waals surface area contributed by atoms with Crippen LogP contribution in [0.25, 0.3) is 0 Å². The van der Waals surface area contributed by atoms with Gasteiger partial charge in [0.2, 0.25) is 0 Å². The predicted octanol–water partition coefficient (Wildman–Crippen LogP) is 0.898. The predicted molar refractivity (Wildman–Crippen MR) is 33.4 cm³/mol. The highest BCUT2D eigenvalue weighted by Crippen LogP contribution is 1.76. The van der Waals surface area contributed by atoms with E-state index in [1.165, 1.54) is 0 Å². The monoisotopic (exact) mass is 112 g/mol. The van der Waals surface area contributed by atoms with Gasteiger partial charge in [-0.3, -0.25) is 0 Å². The van der Waals surface area contributed by atoms with Gasteiger partial charge in [-0.25, -0.2) is 0 Å². The Bertz CT molecular complexity index is 81.0. The highest BCUT2D eigenvalue weighted by atomic mass is 14.9. The Kier molecular flexibility index (Phi) is 4.29. The maximum Gasteiger partial charge on any atom is 0.0635 e. The normalized spacial score (nSPS) is 9.25. The molecule has 0 bridgehead atoms. The summed E-state index contributed by atoms with van der Waals surface area (Å²) in [6.07, 6.45) is 0.609. The minimum atomic E-state index is 0.503. The largest absolute Gasteiger partial charge is 0.314 e. The molecule has 1 N–H and O–H groups in total. The molecule has 0 fully saturated rings. The van der Waals surface area contributed by atoms with Gasteiger partial charge >= 0.3 is 0 Å². The van der Waals surface area contributed by atoms with E-state index in [9.17, 15) is 0 Å². The van der Waals surface area contributed by atoms with Gasteiger partial charge in [-0.2, -0.15) is 5.26 Å². The molecule has 46 valence electrons. The van der Waals surface area contributed by atoms with Crippen LogP contribution in [0, 0.1) is 11.3 Å². The summed E-state index contributed by atoms with van der Waals surface area (Å²) >= 11 is 0. The molecule has 0 amide bonds. The molecule has 0 saturated heterocycles. The summed E-state index contributed by atoms with van der Waals surface area (Å²) in [6.45, 7) is 4.95. The van der Waals surface area contributed by atoms with Gasteiger partial charge < -0.3 is 5.32 Å². The van der Waals surface area contributed by atoms with Crippen LogP contribution in [-0.4, -0.2) is 12.6 Å². The summed E-state index contributed by atoms with van der Waals surface area (Å²) in [5.74, 6) is 0. The molecule has 0 aliphatic rings. The highest BCUT2D eigenvalue weighted by molar-refractivity contribution is 4.70. The highest BCUT2D eigenvalue weighted by Gasteiger charge is 1.87. The molecule has 0 saturated carbocycles. The summed E-state index contributed by atoms with van der Waals surface area (Å²) in [6, 6.07) is 2.56. The fraction of sp³-hybridized carbons (Fsp3) is 0.833. The summed E-state index contributed by atoms with van der Waals surface area (Å²) in [4.78, 5) is 0. The number of nitriles is 1. The van der Waals surface area contributed by atoms with Gasteiger partial charge in [-0.1, -0.05) is 13.8 Å². The van der Waals surface area contributed by atoms with Crippen LogP contribution in [0.1, 0.15) is 20.3 Å². The topological polar surface area (TPSA) is 35.8 Å². The number of nitrogens with one attached hydrogen (secondary N) is 1. The van der Waals surface area contributed by atoms with E-state index >= 15 is 0 Å². The average molecular weight is 112 g/mol. The third kappa shape index (κ3) is 5.45. The standard InChI is InChI=1S/C6H12N2/c1-6(2)8-5-3-4-7/h6,8H,3,5H2,1-2H3. The lowest BCUT2D eigenvalue weighted by Gasteiger charge is -2.02. The smallest absolute Gasteiger partial charge is 0.0635 e. The van der Waals surface area contributed by atoms with E-state index in [2.05, 4.69) is 25.2 Å². The van der Waals surface area contributed by atoms with E-state index in [1.54, 1.807) is 0 Å². The van der Waals surface area contributed by atoms with E-state index in [1.807, 2.05) is 0 Å². The molecule has 0 heterocycles. The molecule has 0 radical (unpaired) electrons. The van der Waals surface area contributed by atoms with Gasteiger partial charge in [-0.05, 0) is 0 Å². The van der Waals surface area contributed by atoms with Crippen LogP contribution in [0.3, 0.4) is 0 Å². The SMILES string of the molecule is CC(C)NCCC#N. The zero-order valence-electron chi connectivity index (χ0n) is 5.44. The first-order valence-electron chi connectivity index (χ1n) is 2.87. The van der Waals surface area contributed by atoms with Gasteiger partial charge in [-0.15, -0.1) is 0 Å². The first-order valence-corrected chi connectivity index (χ1v) is 2.87. The second-order valence-electron chi connectivity index (χ2n) is 2.02. The van der Waals surface area contributed by atoms with Gasteiger partial charge in [0.1, 0.15) is 0 Å². The number of rotatable bonds is 3. The molecule has 0 aromatic rings. The van der Waals surface area contributed by atoms with Gasteiger partial charge in [0.15, 0.2) is 0 Å². The van der Waals surface area contributed by atoms with E-state index in [0.717, 1.165) is 6.54 Å². The molecule has 2 heteroatoms. The van der Waals surface area contributed by atoms with Crippen molar-refractivity contribution < 1.29 is 0 Å². The molecule has 2 nitrogen and oxygen atoms in total. The molecule has 0 unspecified atom stereocenters. The second-order valence-corrected chi connectivity index (χ2v) is 2.02.